The maximum absolute atomic E-state index is 13.0. The van der Waals surface area contributed by atoms with Crippen LogP contribution in [0.3, 0.4) is 0 Å². The molecule has 4 heteroatoms. The lowest BCUT2D eigenvalue weighted by Crippen LogP contribution is -2.31. The smallest absolute Gasteiger partial charge is 0.219 e. The van der Waals surface area contributed by atoms with Gasteiger partial charge in [-0.25, -0.2) is 4.39 Å². The van der Waals surface area contributed by atoms with Crippen molar-refractivity contribution >= 4 is 5.91 Å². The Hall–Kier alpha value is -0.640. The summed E-state index contributed by atoms with van der Waals surface area (Å²) in [5, 5.41) is 9.45. The average Bonchev–Trinajstić information content (AvgIpc) is 2.55. The molecule has 0 aromatic heterocycles. The van der Waals surface area contributed by atoms with Crippen molar-refractivity contribution < 1.29 is 14.3 Å². The lowest BCUT2D eigenvalue weighted by atomic mass is 9.99. The number of aliphatic hydroxyl groups is 1. The number of likely N-dealkylation sites (tertiary alicyclic amines) is 1. The van der Waals surface area contributed by atoms with E-state index in [0.717, 1.165) is 0 Å². The number of carbonyl (C=O) groups is 1. The topological polar surface area (TPSA) is 40.5 Å². The Morgan fingerprint density at radius 3 is 2.77 bits per heavy atom. The zero-order valence-electron chi connectivity index (χ0n) is 7.61. The highest BCUT2D eigenvalue weighted by atomic mass is 19.1. The number of halogens is 1. The quantitative estimate of drug-likeness (QED) is 0.588. The molecule has 1 heterocycles. The van der Waals surface area contributed by atoms with E-state index in [9.17, 15) is 14.3 Å². The van der Waals surface area contributed by atoms with Gasteiger partial charge in [0.1, 0.15) is 6.17 Å². The molecule has 2 fully saturated rings. The third-order valence-electron chi connectivity index (χ3n) is 3.27. The highest BCUT2D eigenvalue weighted by molar-refractivity contribution is 5.73. The molecule has 0 spiro atoms. The maximum Gasteiger partial charge on any atom is 0.219 e. The second-order valence-electron chi connectivity index (χ2n) is 4.09. The van der Waals surface area contributed by atoms with Crippen molar-refractivity contribution in [1.29, 1.82) is 0 Å². The third kappa shape index (κ3) is 1.33. The molecule has 1 saturated heterocycles. The van der Waals surface area contributed by atoms with E-state index < -0.39 is 12.3 Å². The predicted octanol–water partition coefficient (Wildman–Crippen LogP) is 0.184. The van der Waals surface area contributed by atoms with Crippen LogP contribution in [-0.2, 0) is 4.79 Å². The number of nitrogens with zero attached hydrogens (tertiary/aromatic N) is 1. The van der Waals surface area contributed by atoms with Gasteiger partial charge in [0, 0.05) is 25.9 Å². The maximum atomic E-state index is 13.0. The first kappa shape index (κ1) is 8.94. The number of carbonyl (C=O) groups excluding carboxylic acids is 1. The van der Waals surface area contributed by atoms with Crippen molar-refractivity contribution in [2.75, 3.05) is 13.1 Å². The minimum absolute atomic E-state index is 0.0250. The molecule has 2 rings (SSSR count). The van der Waals surface area contributed by atoms with Crippen LogP contribution >= 0.6 is 0 Å². The van der Waals surface area contributed by atoms with Crippen molar-refractivity contribution in [3.05, 3.63) is 0 Å². The van der Waals surface area contributed by atoms with E-state index in [1.165, 1.54) is 6.92 Å². The van der Waals surface area contributed by atoms with E-state index in [4.69, 9.17) is 0 Å². The van der Waals surface area contributed by atoms with Crippen LogP contribution in [0.2, 0.25) is 0 Å². The van der Waals surface area contributed by atoms with Gasteiger partial charge in [0.15, 0.2) is 0 Å². The van der Waals surface area contributed by atoms with Crippen LogP contribution in [0, 0.1) is 11.8 Å². The lowest BCUT2D eigenvalue weighted by Gasteiger charge is -2.17. The summed E-state index contributed by atoms with van der Waals surface area (Å²) in [4.78, 5) is 12.7. The number of aliphatic hydroxyl groups excluding tert-OH is 1. The molecule has 1 aliphatic carbocycles. The van der Waals surface area contributed by atoms with Crippen LogP contribution in [0.4, 0.5) is 4.39 Å². The van der Waals surface area contributed by atoms with Crippen LogP contribution in [0.5, 0.6) is 0 Å². The molecule has 0 aromatic carbocycles. The fourth-order valence-corrected chi connectivity index (χ4v) is 2.49. The number of fused-ring (bicyclic) bond motifs is 1. The minimum Gasteiger partial charge on any atom is -0.390 e. The van der Waals surface area contributed by atoms with E-state index in [0.29, 0.717) is 19.5 Å². The molecule has 0 aromatic rings. The molecule has 74 valence electrons. The van der Waals surface area contributed by atoms with E-state index in [-0.39, 0.29) is 17.7 Å². The Morgan fingerprint density at radius 2 is 2.23 bits per heavy atom. The molecule has 1 saturated carbocycles. The van der Waals surface area contributed by atoms with Crippen molar-refractivity contribution in [3.63, 3.8) is 0 Å². The number of alkyl halides is 1. The van der Waals surface area contributed by atoms with E-state index in [2.05, 4.69) is 0 Å². The summed E-state index contributed by atoms with van der Waals surface area (Å²) in [6.07, 6.45) is -1.52. The van der Waals surface area contributed by atoms with Crippen LogP contribution in [0.1, 0.15) is 13.3 Å². The van der Waals surface area contributed by atoms with Gasteiger partial charge in [-0.2, -0.15) is 0 Å². The Kier molecular flexibility index (Phi) is 2.02. The van der Waals surface area contributed by atoms with Gasteiger partial charge < -0.3 is 10.0 Å². The van der Waals surface area contributed by atoms with Crippen LogP contribution in [0.25, 0.3) is 0 Å². The van der Waals surface area contributed by atoms with E-state index in [1.807, 2.05) is 0 Å². The number of amides is 1. The Morgan fingerprint density at radius 1 is 1.54 bits per heavy atom. The third-order valence-corrected chi connectivity index (χ3v) is 3.27. The van der Waals surface area contributed by atoms with Gasteiger partial charge in [0.2, 0.25) is 5.91 Å². The minimum atomic E-state index is -1.08. The highest BCUT2D eigenvalue weighted by Gasteiger charge is 2.48. The summed E-state index contributed by atoms with van der Waals surface area (Å²) >= 11 is 0. The molecule has 3 nitrogen and oxygen atoms in total. The highest BCUT2D eigenvalue weighted by Crippen LogP contribution is 2.39. The summed E-state index contributed by atoms with van der Waals surface area (Å²) in [7, 11) is 0. The van der Waals surface area contributed by atoms with Crippen LogP contribution in [-0.4, -0.2) is 41.3 Å². The van der Waals surface area contributed by atoms with Crippen LogP contribution < -0.4 is 0 Å². The molecular weight excluding hydrogens is 173 g/mol. The van der Waals surface area contributed by atoms with E-state index >= 15 is 0 Å². The van der Waals surface area contributed by atoms with E-state index in [1.54, 1.807) is 4.90 Å². The number of hydrogen-bond acceptors (Lipinski definition) is 2. The van der Waals surface area contributed by atoms with Crippen molar-refractivity contribution in [3.8, 4) is 0 Å². The summed E-state index contributed by atoms with van der Waals surface area (Å²) in [6, 6.07) is 0. The van der Waals surface area contributed by atoms with Gasteiger partial charge in [0.05, 0.1) is 6.10 Å². The number of rotatable bonds is 0. The first-order valence-corrected chi connectivity index (χ1v) is 4.67. The standard InChI is InChI=1S/C9H14FNO2/c1-5(12)11-3-6-2-8(10)9(13)7(6)4-11/h6-9,13H,2-4H2,1H3/t6-,7+,8-,9+/m1/s1. The Balaban J connectivity index is 2.04. The van der Waals surface area contributed by atoms with Crippen molar-refractivity contribution in [2.24, 2.45) is 11.8 Å². The molecule has 4 atom stereocenters. The van der Waals surface area contributed by atoms with Gasteiger partial charge in [-0.15, -0.1) is 0 Å². The summed E-state index contributed by atoms with van der Waals surface area (Å²) < 4.78 is 13.0. The van der Waals surface area contributed by atoms with Crippen LogP contribution in [0.15, 0.2) is 0 Å². The monoisotopic (exact) mass is 187 g/mol. The average molecular weight is 187 g/mol. The lowest BCUT2D eigenvalue weighted by molar-refractivity contribution is -0.128. The fourth-order valence-electron chi connectivity index (χ4n) is 2.49. The number of hydrogen-bond donors (Lipinski definition) is 1. The molecule has 2 aliphatic rings. The largest absolute Gasteiger partial charge is 0.390 e. The molecule has 1 aliphatic heterocycles. The van der Waals surface area contributed by atoms with Gasteiger partial charge in [-0.3, -0.25) is 4.79 Å². The molecule has 1 N–H and O–H groups in total. The second kappa shape index (κ2) is 2.94. The molecule has 13 heavy (non-hydrogen) atoms. The fraction of sp³-hybridized carbons (Fsp3) is 0.889. The molecule has 0 unspecified atom stereocenters. The predicted molar refractivity (Wildman–Crippen MR) is 44.8 cm³/mol. The van der Waals surface area contributed by atoms with Gasteiger partial charge in [0.25, 0.3) is 0 Å². The van der Waals surface area contributed by atoms with Gasteiger partial charge in [-0.05, 0) is 12.3 Å². The molecular formula is C9H14FNO2. The normalized spacial score (nSPS) is 43.8. The SMILES string of the molecule is CC(=O)N1C[C@H]2C[C@@H](F)[C@@H](O)[C@H]2C1. The first-order chi connectivity index (χ1) is 6.09. The Bertz CT molecular complexity index is 234. The first-order valence-electron chi connectivity index (χ1n) is 4.67. The van der Waals surface area contributed by atoms with Gasteiger partial charge >= 0.3 is 0 Å². The zero-order chi connectivity index (χ0) is 9.59. The van der Waals surface area contributed by atoms with Gasteiger partial charge in [-0.1, -0.05) is 0 Å². The molecule has 0 bridgehead atoms. The molecule has 0 radical (unpaired) electrons. The molecule has 1 amide bonds. The Labute approximate surface area is 76.5 Å². The zero-order valence-corrected chi connectivity index (χ0v) is 7.61. The summed E-state index contributed by atoms with van der Waals surface area (Å²) in [5.74, 6) is 0.171. The van der Waals surface area contributed by atoms with Crippen molar-refractivity contribution in [1.82, 2.24) is 4.90 Å². The summed E-state index contributed by atoms with van der Waals surface area (Å²) in [6.45, 7) is 2.67. The summed E-state index contributed by atoms with van der Waals surface area (Å²) in [5.41, 5.74) is 0. The van der Waals surface area contributed by atoms with Crippen molar-refractivity contribution in [2.45, 2.75) is 25.6 Å². The second-order valence-corrected chi connectivity index (χ2v) is 4.09.